The van der Waals surface area contributed by atoms with Gasteiger partial charge in [-0.05, 0) is 23.2 Å². The average molecular weight is 1650 g/mol. The van der Waals surface area contributed by atoms with Gasteiger partial charge in [-0.15, -0.1) is 0 Å². The van der Waals surface area contributed by atoms with Crippen LogP contribution in [0, 0.1) is 12.2 Å². The lowest BCUT2D eigenvalue weighted by atomic mass is 10.4. The molecule has 612 valence electrons. The van der Waals surface area contributed by atoms with Crippen LogP contribution in [-0.2, 0) is 56.4 Å². The van der Waals surface area contributed by atoms with Gasteiger partial charge in [0, 0.05) is 127 Å². The van der Waals surface area contributed by atoms with Gasteiger partial charge in [0.1, 0.15) is 40.4 Å². The van der Waals surface area contributed by atoms with Crippen LogP contribution in [-0.4, -0.2) is 248 Å². The first kappa shape index (κ1) is 84.0. The SMILES string of the molecule is CNc1[nH]c(=O)nc2c1cnn2C.CNc1[nH]c(=O)nc2c1ncn2C.CNc1nc(Cl)nc2c1cnn2C.CNc1nc(Cl)nc2c1ncn2C.CNc1nc(F)nc2c1cnn2C.CNc1nc(F)nc2c1ncn2C.CNc1nc(N)nc2c1cnn2C.CNc1nc(N)nc2c1ncn2C.CNc1nc(NC)c2cn[nH]c2n1. The molecule has 54 heteroatoms. The van der Waals surface area contributed by atoms with E-state index in [1.54, 1.807) is 180 Å². The van der Waals surface area contributed by atoms with E-state index < -0.39 is 12.2 Å². The Labute approximate surface area is 667 Å². The molecular formula is C63H80Cl2F2N48O2. The van der Waals surface area contributed by atoms with Gasteiger partial charge in [-0.1, -0.05) is 0 Å². The molecule has 18 aromatic rings. The van der Waals surface area contributed by atoms with E-state index in [2.05, 4.69) is 193 Å². The standard InChI is InChI=1S/2C7H8ClN5.2C7H8FN5.3C7H10N6.2C7H9N5O/c1-9-5-4-6(12-7(8)11-5)13(2)3-10-4;1-9-5-4-3-10-13(2)6(4)12-7(8)11-5;1-9-5-4-6(12-7(8)11-5)13(2)3-10-4;1-9-5-4-3-10-13(2)6(4)12-7(8)11-5;1-9-5-4-6(12-7(8)11-5)13(2)3-10-4;1-9-5-4-3-10-13(2)6(4)12-7(8)11-5;1-8-5-4-3-10-13-6(4)12-7(9-2)11-5;1-8-5-4-6(11-7(13)10-5)12(2)3-9-4;1-8-5-4-3-9-12(2)6(4)11-7(13)10-5/h4*3H,1-2H3,(H,9,11,12);2*3H,1-2H3,(H3,8,9,11,12);3H,1-2H3,(H3,8,9,10,11,12,13);2*3H,1-2H3,(H2,8,10,11,13). The Kier molecular flexibility index (Phi) is 26.8. The van der Waals surface area contributed by atoms with Crippen LogP contribution in [0.3, 0.4) is 0 Å². The maximum Gasteiger partial charge on any atom is 0.348 e. The van der Waals surface area contributed by atoms with Gasteiger partial charge in [0.05, 0.1) is 83.2 Å². The number of nitrogen functional groups attached to an aromatic ring is 2. The topological polar surface area (TPSA) is 616 Å². The Balaban J connectivity index is 0.000000139. The zero-order chi connectivity index (χ0) is 84.6. The van der Waals surface area contributed by atoms with Crippen LogP contribution in [0.5, 0.6) is 0 Å². The van der Waals surface area contributed by atoms with Crippen LogP contribution in [0.4, 0.5) is 79.0 Å². The van der Waals surface area contributed by atoms with E-state index in [1.165, 1.54) is 4.68 Å². The number of nitrogens with one attached hydrogen (secondary N) is 13. The molecule has 17 N–H and O–H groups in total. The number of aromatic nitrogens is 36. The lowest BCUT2D eigenvalue weighted by molar-refractivity contribution is 0.542. The predicted octanol–water partition coefficient (Wildman–Crippen LogP) is 3.01. The molecule has 0 saturated carbocycles. The fraction of sp³-hybridized carbons (Fsp3) is 0.286. The van der Waals surface area contributed by atoms with Crippen LogP contribution >= 0.6 is 23.2 Å². The van der Waals surface area contributed by atoms with Crippen molar-refractivity contribution in [1.82, 2.24) is 177 Å². The van der Waals surface area contributed by atoms with Gasteiger partial charge in [-0.25, -0.2) is 34.5 Å². The fourth-order valence-electron chi connectivity index (χ4n) is 10.7. The number of hydrogen-bond donors (Lipinski definition) is 15. The van der Waals surface area contributed by atoms with Crippen molar-refractivity contribution in [2.24, 2.45) is 56.4 Å². The maximum absolute atomic E-state index is 12.8. The molecule has 0 amide bonds. The normalized spacial score (nSPS) is 10.6. The fourth-order valence-corrected chi connectivity index (χ4v) is 11.0. The Morgan fingerprint density at radius 3 is 1.15 bits per heavy atom. The molecule has 0 aliphatic rings. The molecule has 0 bridgehead atoms. The number of H-pyrrole nitrogens is 3. The summed E-state index contributed by atoms with van der Waals surface area (Å²) in [5, 5.41) is 56.2. The van der Waals surface area contributed by atoms with E-state index in [1.807, 2.05) is 35.2 Å². The highest BCUT2D eigenvalue weighted by atomic mass is 35.5. The summed E-state index contributed by atoms with van der Waals surface area (Å²) in [7, 11) is 31.8. The summed E-state index contributed by atoms with van der Waals surface area (Å²) in [6.45, 7) is 0. The highest BCUT2D eigenvalue weighted by Crippen LogP contribution is 2.26. The molecule has 0 saturated heterocycles. The van der Waals surface area contributed by atoms with Crippen molar-refractivity contribution >= 4 is 193 Å². The lowest BCUT2D eigenvalue weighted by Crippen LogP contribution is -2.13. The third kappa shape index (κ3) is 19.0. The molecule has 0 aromatic carbocycles. The molecule has 117 heavy (non-hydrogen) atoms. The quantitative estimate of drug-likeness (QED) is 0.0875. The van der Waals surface area contributed by atoms with Gasteiger partial charge in [-0.3, -0.25) is 33.8 Å². The molecular weight excluding hydrogens is 1570 g/mol. The minimum atomic E-state index is -0.750. The van der Waals surface area contributed by atoms with Crippen molar-refractivity contribution in [1.29, 1.82) is 0 Å². The van der Waals surface area contributed by atoms with Crippen molar-refractivity contribution in [3.63, 3.8) is 0 Å². The molecule has 0 radical (unpaired) electrons. The third-order valence-corrected chi connectivity index (χ3v) is 16.6. The highest BCUT2D eigenvalue weighted by Gasteiger charge is 2.17. The summed E-state index contributed by atoms with van der Waals surface area (Å²) in [5.41, 5.74) is 18.8. The number of aryl methyl sites for hydroxylation is 8. The van der Waals surface area contributed by atoms with E-state index in [0.717, 1.165) is 66.6 Å². The molecule has 18 rings (SSSR count). The lowest BCUT2D eigenvalue weighted by Gasteiger charge is -2.02. The second-order valence-electron chi connectivity index (χ2n) is 23.7. The van der Waals surface area contributed by atoms with E-state index in [4.69, 9.17) is 34.7 Å². The number of rotatable bonds is 10. The van der Waals surface area contributed by atoms with Gasteiger partial charge < -0.3 is 82.9 Å². The zero-order valence-electron chi connectivity index (χ0n) is 65.9. The number of halogens is 4. The number of imidazole rings is 4. The molecule has 0 unspecified atom stereocenters. The zero-order valence-corrected chi connectivity index (χ0v) is 67.4. The van der Waals surface area contributed by atoms with E-state index in [9.17, 15) is 18.4 Å². The van der Waals surface area contributed by atoms with Crippen molar-refractivity contribution in [3.8, 4) is 0 Å². The third-order valence-electron chi connectivity index (χ3n) is 16.3. The van der Waals surface area contributed by atoms with E-state index in [-0.39, 0.29) is 33.8 Å². The average Bonchev–Trinajstić information content (AvgIpc) is 1.70. The number of aromatic amines is 3. The summed E-state index contributed by atoms with van der Waals surface area (Å²) in [5.74, 6) is 6.64. The Hall–Kier alpha value is -15.4. The number of nitrogens with zero attached hydrogens (tertiary/aromatic N) is 33. The van der Waals surface area contributed by atoms with Crippen LogP contribution in [0.2, 0.25) is 10.6 Å². The van der Waals surface area contributed by atoms with Crippen molar-refractivity contribution in [2.75, 3.05) is 135 Å². The first-order chi connectivity index (χ1) is 56.1. The van der Waals surface area contributed by atoms with Crippen molar-refractivity contribution in [2.45, 2.75) is 0 Å². The monoisotopic (exact) mass is 1650 g/mol. The molecule has 0 aliphatic carbocycles. The minimum Gasteiger partial charge on any atom is -0.374 e. The highest BCUT2D eigenvalue weighted by molar-refractivity contribution is 6.29. The van der Waals surface area contributed by atoms with E-state index >= 15 is 0 Å². The second kappa shape index (κ2) is 37.3. The van der Waals surface area contributed by atoms with Crippen molar-refractivity contribution < 1.29 is 8.78 Å². The summed E-state index contributed by atoms with van der Waals surface area (Å²) in [6.07, 6.45) is 13.4. The number of fused-ring (bicyclic) bond motifs is 9. The molecule has 18 aromatic heterocycles. The summed E-state index contributed by atoms with van der Waals surface area (Å²) in [6, 6.07) is 0. The molecule has 0 aliphatic heterocycles. The number of hydrogen-bond acceptors (Lipinski definition) is 39. The molecule has 0 spiro atoms. The van der Waals surface area contributed by atoms with Crippen molar-refractivity contribution in [3.05, 3.63) is 100.0 Å². The van der Waals surface area contributed by atoms with Gasteiger partial charge in [0.15, 0.2) is 84.8 Å². The Morgan fingerprint density at radius 1 is 0.333 bits per heavy atom. The Morgan fingerprint density at radius 2 is 0.667 bits per heavy atom. The van der Waals surface area contributed by atoms with Gasteiger partial charge in [0.2, 0.25) is 28.4 Å². The molecule has 0 atom stereocenters. The Bertz CT molecular complexity index is 5840. The minimum absolute atomic E-state index is 0.223. The predicted molar refractivity (Wildman–Crippen MR) is 442 cm³/mol. The van der Waals surface area contributed by atoms with Gasteiger partial charge >= 0.3 is 23.5 Å². The number of nitrogens with two attached hydrogens (primary N) is 2. The molecule has 0 fully saturated rings. The first-order valence-corrected chi connectivity index (χ1v) is 35.0. The summed E-state index contributed by atoms with van der Waals surface area (Å²) < 4.78 is 39.0. The van der Waals surface area contributed by atoms with Crippen LogP contribution in [0.25, 0.3) is 99.8 Å². The summed E-state index contributed by atoms with van der Waals surface area (Å²) in [4.78, 5) is 106. The van der Waals surface area contributed by atoms with Crippen LogP contribution < -0.4 is 76.0 Å². The molecule has 18 heterocycles. The number of anilines is 12. The molecule has 50 nitrogen and oxygen atoms in total. The first-order valence-electron chi connectivity index (χ1n) is 34.2. The maximum atomic E-state index is 12.8. The van der Waals surface area contributed by atoms with Gasteiger partial charge in [0.25, 0.3) is 0 Å². The smallest absolute Gasteiger partial charge is 0.348 e. The summed E-state index contributed by atoms with van der Waals surface area (Å²) >= 11 is 11.5. The van der Waals surface area contributed by atoms with Gasteiger partial charge in [-0.2, -0.15) is 109 Å². The van der Waals surface area contributed by atoms with Crippen LogP contribution in [0.15, 0.2) is 65.9 Å². The largest absolute Gasteiger partial charge is 0.374 e. The van der Waals surface area contributed by atoms with Crippen LogP contribution in [0.1, 0.15) is 0 Å². The second-order valence-corrected chi connectivity index (χ2v) is 24.4. The van der Waals surface area contributed by atoms with E-state index in [0.29, 0.717) is 91.5 Å².